The van der Waals surface area contributed by atoms with E-state index >= 15 is 0 Å². The minimum atomic E-state index is -0.888. The Morgan fingerprint density at radius 2 is 1.79 bits per heavy atom. The van der Waals surface area contributed by atoms with Crippen molar-refractivity contribution in [2.75, 3.05) is 12.4 Å². The van der Waals surface area contributed by atoms with E-state index in [1.54, 1.807) is 7.05 Å². The number of amides is 2. The van der Waals surface area contributed by atoms with Gasteiger partial charge in [-0.2, -0.15) is 0 Å². The van der Waals surface area contributed by atoms with Crippen molar-refractivity contribution in [1.82, 2.24) is 9.88 Å². The molecule has 1 heterocycles. The lowest BCUT2D eigenvalue weighted by molar-refractivity contribution is 0.0779. The first kappa shape index (κ1) is 19.2. The number of benzene rings is 2. The average Bonchev–Trinajstić information content (AvgIpc) is 2.70. The molecule has 5 nitrogen and oxygen atoms in total. The second-order valence-electron chi connectivity index (χ2n) is 6.15. The number of carbonyl (C=O) groups excluding carboxylic acids is 2. The Kier molecular flexibility index (Phi) is 5.74. The van der Waals surface area contributed by atoms with E-state index in [1.807, 2.05) is 30.3 Å². The lowest BCUT2D eigenvalue weighted by atomic mass is 10.1. The standard InChI is InChI=1S/C21H17F2N3O2/c1-26(13-14-5-3-2-4-6-14)21(28)19-11-15(9-10-24-19)20(27)25-18-8-7-16(22)12-17(18)23/h2-12H,13H2,1H3,(H,25,27). The van der Waals surface area contributed by atoms with Gasteiger partial charge in [-0.3, -0.25) is 14.6 Å². The molecule has 0 unspecified atom stereocenters. The molecule has 0 fully saturated rings. The van der Waals surface area contributed by atoms with E-state index in [0.717, 1.165) is 17.7 Å². The third-order valence-electron chi connectivity index (χ3n) is 4.03. The van der Waals surface area contributed by atoms with Gasteiger partial charge in [0.15, 0.2) is 0 Å². The number of nitrogens with one attached hydrogen (secondary N) is 1. The van der Waals surface area contributed by atoms with Crippen LogP contribution in [0.3, 0.4) is 0 Å². The zero-order valence-corrected chi connectivity index (χ0v) is 15.0. The number of rotatable bonds is 5. The van der Waals surface area contributed by atoms with E-state index in [4.69, 9.17) is 0 Å². The summed E-state index contributed by atoms with van der Waals surface area (Å²) in [6.07, 6.45) is 1.33. The van der Waals surface area contributed by atoms with Gasteiger partial charge < -0.3 is 10.2 Å². The summed E-state index contributed by atoms with van der Waals surface area (Å²) in [7, 11) is 1.64. The van der Waals surface area contributed by atoms with Gasteiger partial charge in [0.1, 0.15) is 17.3 Å². The molecule has 2 aromatic carbocycles. The van der Waals surface area contributed by atoms with Gasteiger partial charge in [-0.25, -0.2) is 8.78 Å². The highest BCUT2D eigenvalue weighted by molar-refractivity contribution is 6.05. The Balaban J connectivity index is 1.73. The lowest BCUT2D eigenvalue weighted by Gasteiger charge is -2.17. The van der Waals surface area contributed by atoms with Crippen LogP contribution in [0.25, 0.3) is 0 Å². The number of carbonyl (C=O) groups is 2. The van der Waals surface area contributed by atoms with E-state index < -0.39 is 17.5 Å². The maximum Gasteiger partial charge on any atom is 0.272 e. The molecule has 0 aliphatic heterocycles. The number of halogens is 2. The van der Waals surface area contributed by atoms with Gasteiger partial charge in [0, 0.05) is 31.4 Å². The Morgan fingerprint density at radius 3 is 2.50 bits per heavy atom. The van der Waals surface area contributed by atoms with E-state index in [1.165, 1.54) is 23.2 Å². The molecule has 0 atom stereocenters. The van der Waals surface area contributed by atoms with Crippen molar-refractivity contribution in [2.24, 2.45) is 0 Å². The average molecular weight is 381 g/mol. The molecule has 1 aromatic heterocycles. The van der Waals surface area contributed by atoms with Crippen LogP contribution < -0.4 is 5.32 Å². The molecule has 0 saturated carbocycles. The van der Waals surface area contributed by atoms with Gasteiger partial charge in [0.25, 0.3) is 11.8 Å². The summed E-state index contributed by atoms with van der Waals surface area (Å²) < 4.78 is 26.7. The van der Waals surface area contributed by atoms with Crippen molar-refractivity contribution in [3.8, 4) is 0 Å². The van der Waals surface area contributed by atoms with Gasteiger partial charge in [-0.1, -0.05) is 30.3 Å². The number of pyridine rings is 1. The van der Waals surface area contributed by atoms with E-state index in [0.29, 0.717) is 12.6 Å². The number of anilines is 1. The summed E-state index contributed by atoms with van der Waals surface area (Å²) in [5.41, 5.74) is 1.03. The Labute approximate surface area is 160 Å². The van der Waals surface area contributed by atoms with E-state index in [-0.39, 0.29) is 22.9 Å². The minimum absolute atomic E-state index is 0.0886. The molecule has 0 bridgehead atoms. The first-order chi connectivity index (χ1) is 13.4. The second-order valence-corrected chi connectivity index (χ2v) is 6.15. The zero-order chi connectivity index (χ0) is 20.1. The molecule has 0 aliphatic rings. The largest absolute Gasteiger partial charge is 0.336 e. The molecular weight excluding hydrogens is 364 g/mol. The molecule has 0 radical (unpaired) electrons. The summed E-state index contributed by atoms with van der Waals surface area (Å²) in [4.78, 5) is 30.5. The summed E-state index contributed by atoms with van der Waals surface area (Å²) in [5.74, 6) is -2.62. The van der Waals surface area contributed by atoms with Gasteiger partial charge >= 0.3 is 0 Å². The predicted octanol–water partition coefficient (Wildman–Crippen LogP) is 3.88. The molecule has 0 spiro atoms. The third-order valence-corrected chi connectivity index (χ3v) is 4.03. The molecule has 2 amide bonds. The van der Waals surface area contributed by atoms with Crippen LogP contribution in [0.5, 0.6) is 0 Å². The first-order valence-corrected chi connectivity index (χ1v) is 8.46. The number of aromatic nitrogens is 1. The summed E-state index contributed by atoms with van der Waals surface area (Å²) in [6.45, 7) is 0.387. The van der Waals surface area contributed by atoms with Crippen LogP contribution in [-0.2, 0) is 6.54 Å². The van der Waals surface area contributed by atoms with Gasteiger partial charge in [-0.15, -0.1) is 0 Å². The molecule has 0 saturated heterocycles. The molecule has 3 rings (SSSR count). The van der Waals surface area contributed by atoms with Crippen LogP contribution in [0, 0.1) is 11.6 Å². The lowest BCUT2D eigenvalue weighted by Crippen LogP contribution is -2.27. The highest BCUT2D eigenvalue weighted by Gasteiger charge is 2.17. The number of hydrogen-bond donors (Lipinski definition) is 1. The van der Waals surface area contributed by atoms with Crippen molar-refractivity contribution in [3.05, 3.63) is 95.3 Å². The number of nitrogens with zero attached hydrogens (tertiary/aromatic N) is 2. The van der Waals surface area contributed by atoms with Gasteiger partial charge in [0.05, 0.1) is 5.69 Å². The van der Waals surface area contributed by atoms with E-state index in [9.17, 15) is 18.4 Å². The third kappa shape index (κ3) is 4.56. The van der Waals surface area contributed by atoms with Crippen molar-refractivity contribution in [2.45, 2.75) is 6.54 Å². The van der Waals surface area contributed by atoms with Crippen molar-refractivity contribution < 1.29 is 18.4 Å². The molecule has 3 aromatic rings. The quantitative estimate of drug-likeness (QED) is 0.730. The Morgan fingerprint density at radius 1 is 1.04 bits per heavy atom. The van der Waals surface area contributed by atoms with Crippen LogP contribution in [-0.4, -0.2) is 28.7 Å². The monoisotopic (exact) mass is 381 g/mol. The van der Waals surface area contributed by atoms with Crippen LogP contribution >= 0.6 is 0 Å². The Hall–Kier alpha value is -3.61. The van der Waals surface area contributed by atoms with Crippen LogP contribution in [0.1, 0.15) is 26.4 Å². The molecule has 28 heavy (non-hydrogen) atoms. The fourth-order valence-corrected chi connectivity index (χ4v) is 2.60. The minimum Gasteiger partial charge on any atom is -0.336 e. The van der Waals surface area contributed by atoms with E-state index in [2.05, 4.69) is 10.3 Å². The van der Waals surface area contributed by atoms with Crippen molar-refractivity contribution >= 4 is 17.5 Å². The second kappa shape index (κ2) is 8.39. The van der Waals surface area contributed by atoms with Crippen molar-refractivity contribution in [1.29, 1.82) is 0 Å². The topological polar surface area (TPSA) is 62.3 Å². The van der Waals surface area contributed by atoms with Crippen molar-refractivity contribution in [3.63, 3.8) is 0 Å². The molecular formula is C21H17F2N3O2. The molecule has 7 heteroatoms. The maximum absolute atomic E-state index is 13.7. The molecule has 142 valence electrons. The highest BCUT2D eigenvalue weighted by atomic mass is 19.1. The zero-order valence-electron chi connectivity index (χ0n) is 15.0. The van der Waals surface area contributed by atoms with Crippen LogP contribution in [0.15, 0.2) is 66.9 Å². The first-order valence-electron chi connectivity index (χ1n) is 8.46. The molecule has 0 aliphatic carbocycles. The summed E-state index contributed by atoms with van der Waals surface area (Å²) in [5, 5.41) is 2.36. The maximum atomic E-state index is 13.7. The normalized spacial score (nSPS) is 10.4. The Bertz CT molecular complexity index is 1010. The highest BCUT2D eigenvalue weighted by Crippen LogP contribution is 2.16. The smallest absolute Gasteiger partial charge is 0.272 e. The SMILES string of the molecule is CN(Cc1ccccc1)C(=O)c1cc(C(=O)Nc2ccc(F)cc2F)ccn1. The van der Waals surface area contributed by atoms with Crippen LogP contribution in [0.2, 0.25) is 0 Å². The number of hydrogen-bond acceptors (Lipinski definition) is 3. The van der Waals surface area contributed by atoms with Crippen LogP contribution in [0.4, 0.5) is 14.5 Å². The van der Waals surface area contributed by atoms with Gasteiger partial charge in [0.2, 0.25) is 0 Å². The fourth-order valence-electron chi connectivity index (χ4n) is 2.60. The van der Waals surface area contributed by atoms with Gasteiger partial charge in [-0.05, 0) is 29.8 Å². The molecule has 1 N–H and O–H groups in total. The summed E-state index contributed by atoms with van der Waals surface area (Å²) >= 11 is 0. The fraction of sp³-hybridized carbons (Fsp3) is 0.0952. The predicted molar refractivity (Wildman–Crippen MR) is 101 cm³/mol. The summed E-state index contributed by atoms with van der Waals surface area (Å²) in [6, 6.07) is 15.0.